The molecule has 0 saturated carbocycles. The van der Waals surface area contributed by atoms with Gasteiger partial charge in [-0.2, -0.15) is 0 Å². The molecule has 0 bridgehead atoms. The Morgan fingerprint density at radius 3 is 2.62 bits per heavy atom. The minimum atomic E-state index is -0.203. The molecule has 0 radical (unpaired) electrons. The molecular formula is C16H21ClN2OS. The first kappa shape index (κ1) is 16.3. The molecule has 1 unspecified atom stereocenters. The third-order valence-corrected chi connectivity index (χ3v) is 5.33. The van der Waals surface area contributed by atoms with Gasteiger partial charge in [-0.25, -0.2) is 0 Å². The Morgan fingerprint density at radius 1 is 1.33 bits per heavy atom. The maximum atomic E-state index is 12.2. The van der Waals surface area contributed by atoms with E-state index < -0.39 is 0 Å². The molecule has 2 aromatic rings. The molecule has 1 amide bonds. The van der Waals surface area contributed by atoms with Gasteiger partial charge in [-0.05, 0) is 26.8 Å². The summed E-state index contributed by atoms with van der Waals surface area (Å²) in [5, 5.41) is 5.17. The van der Waals surface area contributed by atoms with Crippen LogP contribution in [0.4, 0.5) is 0 Å². The van der Waals surface area contributed by atoms with Crippen LogP contribution in [0.15, 0.2) is 24.3 Å². The fraction of sp³-hybridized carbons (Fsp3) is 0.438. The summed E-state index contributed by atoms with van der Waals surface area (Å²) in [5.41, 5.74) is 0. The number of nitrogens with one attached hydrogen (secondary N) is 1. The summed E-state index contributed by atoms with van der Waals surface area (Å²) in [6.07, 6.45) is 0. The SMILES string of the molecule is CCN(CC)C(=O)C(C)NCc1sc2ccccc2c1Cl. The molecule has 1 aromatic heterocycles. The van der Waals surface area contributed by atoms with Gasteiger partial charge >= 0.3 is 0 Å². The molecule has 3 nitrogen and oxygen atoms in total. The lowest BCUT2D eigenvalue weighted by Gasteiger charge is -2.23. The van der Waals surface area contributed by atoms with Crippen LogP contribution in [-0.2, 0) is 11.3 Å². The van der Waals surface area contributed by atoms with Crippen LogP contribution < -0.4 is 5.32 Å². The topological polar surface area (TPSA) is 32.3 Å². The monoisotopic (exact) mass is 324 g/mol. The average molecular weight is 325 g/mol. The van der Waals surface area contributed by atoms with Gasteiger partial charge in [0.2, 0.25) is 5.91 Å². The van der Waals surface area contributed by atoms with E-state index in [1.165, 1.54) is 4.70 Å². The first-order chi connectivity index (χ1) is 10.1. The van der Waals surface area contributed by atoms with Gasteiger partial charge in [0.15, 0.2) is 0 Å². The second-order valence-electron chi connectivity index (χ2n) is 4.95. The lowest BCUT2D eigenvalue weighted by atomic mass is 10.2. The first-order valence-electron chi connectivity index (χ1n) is 7.26. The Bertz CT molecular complexity index is 622. The molecular weight excluding hydrogens is 304 g/mol. The van der Waals surface area contributed by atoms with Crippen molar-refractivity contribution in [3.63, 3.8) is 0 Å². The highest BCUT2D eigenvalue weighted by molar-refractivity contribution is 7.19. The molecule has 0 spiro atoms. The molecule has 0 aliphatic heterocycles. The van der Waals surface area contributed by atoms with Crippen molar-refractivity contribution in [1.29, 1.82) is 0 Å². The number of hydrogen-bond acceptors (Lipinski definition) is 3. The number of carbonyl (C=O) groups is 1. The van der Waals surface area contributed by atoms with E-state index >= 15 is 0 Å². The highest BCUT2D eigenvalue weighted by atomic mass is 35.5. The Labute approximate surface area is 134 Å². The number of fused-ring (bicyclic) bond motifs is 1. The molecule has 1 N–H and O–H groups in total. The third kappa shape index (κ3) is 3.57. The number of likely N-dealkylation sites (N-methyl/N-ethyl adjacent to an activating group) is 1. The van der Waals surface area contributed by atoms with Crippen molar-refractivity contribution in [1.82, 2.24) is 10.2 Å². The van der Waals surface area contributed by atoms with Crippen molar-refractivity contribution >= 4 is 38.9 Å². The first-order valence-corrected chi connectivity index (χ1v) is 8.46. The maximum absolute atomic E-state index is 12.2. The van der Waals surface area contributed by atoms with E-state index in [9.17, 15) is 4.79 Å². The van der Waals surface area contributed by atoms with Crippen molar-refractivity contribution < 1.29 is 4.79 Å². The Morgan fingerprint density at radius 2 is 2.00 bits per heavy atom. The van der Waals surface area contributed by atoms with E-state index in [4.69, 9.17) is 11.6 Å². The zero-order valence-corrected chi connectivity index (χ0v) is 14.2. The number of halogens is 1. The minimum absolute atomic E-state index is 0.136. The van der Waals surface area contributed by atoms with Gasteiger partial charge < -0.3 is 10.2 Å². The Balaban J connectivity index is 2.04. The number of rotatable bonds is 6. The molecule has 1 heterocycles. The Kier molecular flexibility index (Phi) is 5.62. The van der Waals surface area contributed by atoms with Crippen LogP contribution in [0.2, 0.25) is 5.02 Å². The summed E-state index contributed by atoms with van der Waals surface area (Å²) >= 11 is 8.09. The molecule has 0 aliphatic rings. The molecule has 2 rings (SSSR count). The summed E-state index contributed by atoms with van der Waals surface area (Å²) in [6, 6.07) is 7.90. The number of thiophene rings is 1. The maximum Gasteiger partial charge on any atom is 0.239 e. The molecule has 5 heteroatoms. The van der Waals surface area contributed by atoms with Gasteiger partial charge in [0, 0.05) is 34.6 Å². The van der Waals surface area contributed by atoms with Gasteiger partial charge in [0.25, 0.3) is 0 Å². The summed E-state index contributed by atoms with van der Waals surface area (Å²) in [4.78, 5) is 15.1. The van der Waals surface area contributed by atoms with Gasteiger partial charge in [0.05, 0.1) is 11.1 Å². The van der Waals surface area contributed by atoms with Crippen LogP contribution in [-0.4, -0.2) is 29.9 Å². The van der Waals surface area contributed by atoms with E-state index in [-0.39, 0.29) is 11.9 Å². The summed E-state index contributed by atoms with van der Waals surface area (Å²) in [5.74, 6) is 0.136. The predicted octanol–water partition coefficient (Wildman–Crippen LogP) is 3.90. The van der Waals surface area contributed by atoms with E-state index in [1.54, 1.807) is 11.3 Å². The molecule has 1 aromatic carbocycles. The third-order valence-electron chi connectivity index (χ3n) is 3.62. The summed E-state index contributed by atoms with van der Waals surface area (Å²) < 4.78 is 1.18. The summed E-state index contributed by atoms with van der Waals surface area (Å²) in [7, 11) is 0. The molecule has 0 fully saturated rings. The van der Waals surface area contributed by atoms with Crippen molar-refractivity contribution in [2.75, 3.05) is 13.1 Å². The van der Waals surface area contributed by atoms with Gasteiger partial charge in [-0.1, -0.05) is 29.8 Å². The highest BCUT2D eigenvalue weighted by Crippen LogP contribution is 2.34. The minimum Gasteiger partial charge on any atom is -0.342 e. The van der Waals surface area contributed by atoms with Crippen LogP contribution in [0.5, 0.6) is 0 Å². The van der Waals surface area contributed by atoms with Crippen LogP contribution >= 0.6 is 22.9 Å². The molecule has 21 heavy (non-hydrogen) atoms. The van der Waals surface area contributed by atoms with Gasteiger partial charge in [-0.15, -0.1) is 11.3 Å². The molecule has 0 aliphatic carbocycles. The molecule has 1 atom stereocenters. The van der Waals surface area contributed by atoms with Crippen LogP contribution in [0, 0.1) is 0 Å². The normalized spacial score (nSPS) is 12.6. The number of carbonyl (C=O) groups excluding carboxylic acids is 1. The van der Waals surface area contributed by atoms with Crippen molar-refractivity contribution in [3.8, 4) is 0 Å². The zero-order valence-electron chi connectivity index (χ0n) is 12.6. The van der Waals surface area contributed by atoms with Crippen LogP contribution in [0.1, 0.15) is 25.6 Å². The van der Waals surface area contributed by atoms with Crippen molar-refractivity contribution in [3.05, 3.63) is 34.2 Å². The second kappa shape index (κ2) is 7.25. The number of nitrogens with zero attached hydrogens (tertiary/aromatic N) is 1. The van der Waals surface area contributed by atoms with E-state index in [1.807, 2.05) is 43.9 Å². The van der Waals surface area contributed by atoms with Crippen molar-refractivity contribution in [2.45, 2.75) is 33.4 Å². The van der Waals surface area contributed by atoms with E-state index in [0.29, 0.717) is 6.54 Å². The largest absolute Gasteiger partial charge is 0.342 e. The lowest BCUT2D eigenvalue weighted by Crippen LogP contribution is -2.44. The molecule has 0 saturated heterocycles. The zero-order chi connectivity index (χ0) is 15.4. The van der Waals surface area contributed by atoms with Crippen molar-refractivity contribution in [2.24, 2.45) is 0 Å². The second-order valence-corrected chi connectivity index (χ2v) is 6.46. The number of amides is 1. The smallest absolute Gasteiger partial charge is 0.239 e. The quantitative estimate of drug-likeness (QED) is 0.874. The summed E-state index contributed by atoms with van der Waals surface area (Å²) in [6.45, 7) is 8.00. The predicted molar refractivity (Wildman–Crippen MR) is 91.1 cm³/mol. The van der Waals surface area contributed by atoms with Gasteiger partial charge in [-0.3, -0.25) is 4.79 Å². The Hall–Kier alpha value is -1.10. The van der Waals surface area contributed by atoms with Crippen LogP contribution in [0.25, 0.3) is 10.1 Å². The number of hydrogen-bond donors (Lipinski definition) is 1. The number of benzene rings is 1. The fourth-order valence-corrected chi connectivity index (χ4v) is 3.77. The van der Waals surface area contributed by atoms with Crippen LogP contribution in [0.3, 0.4) is 0 Å². The highest BCUT2D eigenvalue weighted by Gasteiger charge is 2.18. The average Bonchev–Trinajstić information content (AvgIpc) is 2.83. The molecule has 114 valence electrons. The van der Waals surface area contributed by atoms with Gasteiger partial charge in [0.1, 0.15) is 0 Å². The van der Waals surface area contributed by atoms with E-state index in [2.05, 4.69) is 11.4 Å². The lowest BCUT2D eigenvalue weighted by molar-refractivity contribution is -0.132. The fourth-order valence-electron chi connectivity index (χ4n) is 2.32. The standard InChI is InChI=1S/C16H21ClN2OS/c1-4-19(5-2)16(20)11(3)18-10-14-15(17)12-8-6-7-9-13(12)21-14/h6-9,11,18H,4-5,10H2,1-3H3. The van der Waals surface area contributed by atoms with E-state index in [0.717, 1.165) is 28.4 Å².